The minimum Gasteiger partial charge on any atom is -0.496 e. The Labute approximate surface area is 123 Å². The highest BCUT2D eigenvalue weighted by Crippen LogP contribution is 2.28. The first-order chi connectivity index (χ1) is 10.2. The average molecular weight is 286 g/mol. The second kappa shape index (κ2) is 6.74. The van der Waals surface area contributed by atoms with Crippen molar-refractivity contribution in [2.24, 2.45) is 0 Å². The van der Waals surface area contributed by atoms with Crippen molar-refractivity contribution in [3.05, 3.63) is 53.3 Å². The van der Waals surface area contributed by atoms with E-state index < -0.39 is 0 Å². The molecule has 0 spiro atoms. The molecule has 1 heterocycles. The monoisotopic (exact) mass is 286 g/mol. The van der Waals surface area contributed by atoms with Gasteiger partial charge in [-0.2, -0.15) is 0 Å². The number of ether oxygens (including phenoxy) is 2. The normalized spacial score (nSPS) is 10.0. The van der Waals surface area contributed by atoms with Gasteiger partial charge in [-0.05, 0) is 36.8 Å². The van der Waals surface area contributed by atoms with E-state index in [1.807, 2.05) is 19.1 Å². The summed E-state index contributed by atoms with van der Waals surface area (Å²) in [5, 5.41) is 2.85. The molecule has 0 saturated heterocycles. The topological polar surface area (TPSA) is 60.5 Å². The zero-order valence-corrected chi connectivity index (χ0v) is 12.3. The number of hydrogen-bond donors (Lipinski definition) is 1. The minimum absolute atomic E-state index is 0.176. The lowest BCUT2D eigenvalue weighted by Crippen LogP contribution is -2.23. The Balaban J connectivity index is 2.14. The molecule has 0 fully saturated rings. The molecule has 0 aliphatic rings. The predicted octanol–water partition coefficient (Wildman–Crippen LogP) is 2.34. The highest BCUT2D eigenvalue weighted by molar-refractivity contribution is 5.93. The summed E-state index contributed by atoms with van der Waals surface area (Å²) in [6, 6.07) is 7.21. The number of rotatable bonds is 5. The van der Waals surface area contributed by atoms with Crippen LogP contribution >= 0.6 is 0 Å². The molecule has 5 heteroatoms. The van der Waals surface area contributed by atoms with Gasteiger partial charge in [-0.3, -0.25) is 9.78 Å². The SMILES string of the molecule is COc1cc(CNC(=O)c2cccnc2)c(OC)cc1C. The van der Waals surface area contributed by atoms with E-state index in [2.05, 4.69) is 10.3 Å². The Bertz CT molecular complexity index is 627. The molecule has 110 valence electrons. The highest BCUT2D eigenvalue weighted by atomic mass is 16.5. The fourth-order valence-corrected chi connectivity index (χ4v) is 2.03. The minimum atomic E-state index is -0.176. The molecule has 1 aromatic heterocycles. The molecule has 1 N–H and O–H groups in total. The van der Waals surface area contributed by atoms with E-state index in [1.165, 1.54) is 6.20 Å². The number of aromatic nitrogens is 1. The number of methoxy groups -OCH3 is 2. The molecule has 2 rings (SSSR count). The summed E-state index contributed by atoms with van der Waals surface area (Å²) in [6.45, 7) is 2.30. The number of benzene rings is 1. The van der Waals surface area contributed by atoms with E-state index in [9.17, 15) is 4.79 Å². The quantitative estimate of drug-likeness (QED) is 0.916. The number of pyridine rings is 1. The van der Waals surface area contributed by atoms with Gasteiger partial charge in [0, 0.05) is 24.5 Å². The fourth-order valence-electron chi connectivity index (χ4n) is 2.03. The molecule has 21 heavy (non-hydrogen) atoms. The smallest absolute Gasteiger partial charge is 0.253 e. The third kappa shape index (κ3) is 3.51. The van der Waals surface area contributed by atoms with E-state index in [-0.39, 0.29) is 5.91 Å². The molecule has 0 saturated carbocycles. The second-order valence-corrected chi connectivity index (χ2v) is 4.56. The Morgan fingerprint density at radius 3 is 2.62 bits per heavy atom. The summed E-state index contributed by atoms with van der Waals surface area (Å²) < 4.78 is 10.6. The van der Waals surface area contributed by atoms with Crippen molar-refractivity contribution < 1.29 is 14.3 Å². The lowest BCUT2D eigenvalue weighted by Gasteiger charge is -2.13. The van der Waals surface area contributed by atoms with Gasteiger partial charge in [0.25, 0.3) is 5.91 Å². The second-order valence-electron chi connectivity index (χ2n) is 4.56. The zero-order chi connectivity index (χ0) is 15.2. The number of nitrogens with zero attached hydrogens (tertiary/aromatic N) is 1. The van der Waals surface area contributed by atoms with Crippen molar-refractivity contribution in [2.75, 3.05) is 14.2 Å². The van der Waals surface area contributed by atoms with Crippen LogP contribution in [0.25, 0.3) is 0 Å². The van der Waals surface area contributed by atoms with Gasteiger partial charge < -0.3 is 14.8 Å². The Morgan fingerprint density at radius 1 is 1.24 bits per heavy atom. The maximum atomic E-state index is 12.0. The first kappa shape index (κ1) is 14.8. The third-order valence-electron chi connectivity index (χ3n) is 3.16. The fraction of sp³-hybridized carbons (Fsp3) is 0.250. The molecular formula is C16H18N2O3. The molecule has 2 aromatic rings. The summed E-state index contributed by atoms with van der Waals surface area (Å²) >= 11 is 0. The van der Waals surface area contributed by atoms with Crippen molar-refractivity contribution in [1.82, 2.24) is 10.3 Å². The Hall–Kier alpha value is -2.56. The van der Waals surface area contributed by atoms with Crippen LogP contribution in [0.15, 0.2) is 36.7 Å². The number of amides is 1. The van der Waals surface area contributed by atoms with E-state index in [0.29, 0.717) is 12.1 Å². The van der Waals surface area contributed by atoms with Crippen molar-refractivity contribution in [3.8, 4) is 11.5 Å². The molecule has 0 aliphatic carbocycles. The summed E-state index contributed by atoms with van der Waals surface area (Å²) in [7, 11) is 3.22. The molecule has 1 amide bonds. The predicted molar refractivity (Wildman–Crippen MR) is 79.7 cm³/mol. The van der Waals surface area contributed by atoms with Crippen molar-refractivity contribution in [3.63, 3.8) is 0 Å². The largest absolute Gasteiger partial charge is 0.496 e. The van der Waals surface area contributed by atoms with Crippen LogP contribution in [-0.4, -0.2) is 25.1 Å². The number of hydrogen-bond acceptors (Lipinski definition) is 4. The van der Waals surface area contributed by atoms with Crippen LogP contribution in [0.3, 0.4) is 0 Å². The van der Waals surface area contributed by atoms with Gasteiger partial charge in [0.1, 0.15) is 11.5 Å². The van der Waals surface area contributed by atoms with Crippen LogP contribution in [0.4, 0.5) is 0 Å². The van der Waals surface area contributed by atoms with E-state index in [0.717, 1.165) is 22.6 Å². The third-order valence-corrected chi connectivity index (χ3v) is 3.16. The molecule has 0 unspecified atom stereocenters. The maximum Gasteiger partial charge on any atom is 0.253 e. The van der Waals surface area contributed by atoms with Gasteiger partial charge in [0.2, 0.25) is 0 Å². The van der Waals surface area contributed by atoms with Crippen molar-refractivity contribution in [2.45, 2.75) is 13.5 Å². The standard InChI is InChI=1S/C16H18N2O3/c1-11-7-15(21-3)13(8-14(11)20-2)10-18-16(19)12-5-4-6-17-9-12/h4-9H,10H2,1-3H3,(H,18,19). The molecular weight excluding hydrogens is 268 g/mol. The van der Waals surface area contributed by atoms with Crippen LogP contribution in [0, 0.1) is 6.92 Å². The van der Waals surface area contributed by atoms with Crippen LogP contribution < -0.4 is 14.8 Å². The first-order valence-corrected chi connectivity index (χ1v) is 6.55. The number of nitrogens with one attached hydrogen (secondary N) is 1. The van der Waals surface area contributed by atoms with E-state index in [1.54, 1.807) is 32.5 Å². The van der Waals surface area contributed by atoms with Crippen LogP contribution in [0.1, 0.15) is 21.5 Å². The molecule has 5 nitrogen and oxygen atoms in total. The van der Waals surface area contributed by atoms with Crippen LogP contribution in [0.5, 0.6) is 11.5 Å². The van der Waals surface area contributed by atoms with E-state index >= 15 is 0 Å². The van der Waals surface area contributed by atoms with Gasteiger partial charge in [0.05, 0.1) is 19.8 Å². The van der Waals surface area contributed by atoms with Crippen molar-refractivity contribution >= 4 is 5.91 Å². The van der Waals surface area contributed by atoms with E-state index in [4.69, 9.17) is 9.47 Å². The van der Waals surface area contributed by atoms with Gasteiger partial charge in [0.15, 0.2) is 0 Å². The number of carbonyl (C=O) groups is 1. The van der Waals surface area contributed by atoms with Gasteiger partial charge in [-0.1, -0.05) is 0 Å². The molecule has 0 radical (unpaired) electrons. The zero-order valence-electron chi connectivity index (χ0n) is 12.3. The van der Waals surface area contributed by atoms with Gasteiger partial charge in [-0.25, -0.2) is 0 Å². The summed E-state index contributed by atoms with van der Waals surface area (Å²) in [6.07, 6.45) is 3.16. The van der Waals surface area contributed by atoms with Crippen molar-refractivity contribution in [1.29, 1.82) is 0 Å². The van der Waals surface area contributed by atoms with Gasteiger partial charge >= 0.3 is 0 Å². The lowest BCUT2D eigenvalue weighted by atomic mass is 10.1. The molecule has 0 atom stereocenters. The summed E-state index contributed by atoms with van der Waals surface area (Å²) in [5.41, 5.74) is 2.37. The van der Waals surface area contributed by atoms with Gasteiger partial charge in [-0.15, -0.1) is 0 Å². The molecule has 1 aromatic carbocycles. The lowest BCUT2D eigenvalue weighted by molar-refractivity contribution is 0.0950. The average Bonchev–Trinajstić information content (AvgIpc) is 2.53. The maximum absolute atomic E-state index is 12.0. The number of aryl methyl sites for hydroxylation is 1. The summed E-state index contributed by atoms with van der Waals surface area (Å²) in [5.74, 6) is 1.31. The molecule has 0 aliphatic heterocycles. The number of carbonyl (C=O) groups excluding carboxylic acids is 1. The Morgan fingerprint density at radius 2 is 2.00 bits per heavy atom. The van der Waals surface area contributed by atoms with Crippen LogP contribution in [0.2, 0.25) is 0 Å². The first-order valence-electron chi connectivity index (χ1n) is 6.55. The Kier molecular flexibility index (Phi) is 4.77. The highest BCUT2D eigenvalue weighted by Gasteiger charge is 2.11. The summed E-state index contributed by atoms with van der Waals surface area (Å²) in [4.78, 5) is 15.9. The molecule has 0 bridgehead atoms. The van der Waals surface area contributed by atoms with Crippen LogP contribution in [-0.2, 0) is 6.54 Å².